The van der Waals surface area contributed by atoms with Crippen molar-refractivity contribution in [2.45, 2.75) is 4.90 Å². The predicted octanol–water partition coefficient (Wildman–Crippen LogP) is 4.56. The monoisotopic (exact) mass is 401 g/mol. The summed E-state index contributed by atoms with van der Waals surface area (Å²) in [7, 11) is -3.76. The van der Waals surface area contributed by atoms with Crippen LogP contribution in [0.4, 0.5) is 0 Å². The molecule has 0 bridgehead atoms. The fourth-order valence-electron chi connectivity index (χ4n) is 2.39. The third-order valence-corrected chi connectivity index (χ3v) is 6.59. The van der Waals surface area contributed by atoms with Crippen molar-refractivity contribution in [1.82, 2.24) is 14.2 Å². The van der Waals surface area contributed by atoms with Crippen LogP contribution in [0.1, 0.15) is 0 Å². The molecule has 0 aliphatic rings. The van der Waals surface area contributed by atoms with Crippen LogP contribution in [0.3, 0.4) is 0 Å². The Hall–Kier alpha value is -2.48. The second-order valence-electron chi connectivity index (χ2n) is 5.43. The molecule has 2 aromatic heterocycles. The molecule has 5 nitrogen and oxygen atoms in total. The number of hydrogen-bond acceptors (Lipinski definition) is 5. The first kappa shape index (κ1) is 17.0. The van der Waals surface area contributed by atoms with Gasteiger partial charge < -0.3 is 0 Å². The Morgan fingerprint density at radius 1 is 0.962 bits per heavy atom. The zero-order valence-electron chi connectivity index (χ0n) is 13.3. The lowest BCUT2D eigenvalue weighted by Crippen LogP contribution is -2.13. The Labute approximate surface area is 159 Å². The van der Waals surface area contributed by atoms with Gasteiger partial charge >= 0.3 is 0 Å². The van der Waals surface area contributed by atoms with E-state index in [9.17, 15) is 8.42 Å². The molecule has 0 aliphatic carbocycles. The minimum Gasteiger partial charge on any atom is -0.244 e. The summed E-state index contributed by atoms with van der Waals surface area (Å²) in [6.45, 7) is 0. The topological polar surface area (TPSA) is 64.8 Å². The Morgan fingerprint density at radius 2 is 1.69 bits per heavy atom. The molecular formula is C18H12ClN3O2S2. The quantitative estimate of drug-likeness (QED) is 0.502. The van der Waals surface area contributed by atoms with E-state index in [1.54, 1.807) is 12.3 Å². The molecule has 0 fully saturated rings. The van der Waals surface area contributed by atoms with Crippen LogP contribution in [0, 0.1) is 0 Å². The van der Waals surface area contributed by atoms with E-state index < -0.39 is 10.0 Å². The summed E-state index contributed by atoms with van der Waals surface area (Å²) in [5.74, 6) is 0. The molecule has 2 heterocycles. The Balaban J connectivity index is 1.66. The molecule has 8 heteroatoms. The summed E-state index contributed by atoms with van der Waals surface area (Å²) in [4.78, 5) is 5.34. The summed E-state index contributed by atoms with van der Waals surface area (Å²) >= 11 is 7.28. The fraction of sp³-hybridized carbons (Fsp3) is 0. The zero-order valence-corrected chi connectivity index (χ0v) is 15.7. The van der Waals surface area contributed by atoms with E-state index in [4.69, 9.17) is 11.6 Å². The van der Waals surface area contributed by atoms with Gasteiger partial charge in [-0.25, -0.2) is 4.98 Å². The Bertz CT molecular complexity index is 1150. The van der Waals surface area contributed by atoms with Gasteiger partial charge in [-0.05, 0) is 30.3 Å². The highest BCUT2D eigenvalue weighted by molar-refractivity contribution is 7.89. The van der Waals surface area contributed by atoms with Crippen molar-refractivity contribution < 1.29 is 8.42 Å². The minimum absolute atomic E-state index is 0.130. The standard InChI is InChI=1S/C18H12ClN3O2S2/c19-14-6-8-15(9-7-14)26(23,24)22-11-10-16(21-22)17-12-20-18(25-17)13-4-2-1-3-5-13/h1-12H. The van der Waals surface area contributed by atoms with E-state index in [0.29, 0.717) is 10.7 Å². The van der Waals surface area contributed by atoms with Gasteiger partial charge in [-0.1, -0.05) is 41.9 Å². The van der Waals surface area contributed by atoms with Crippen LogP contribution in [0.15, 0.2) is 78.0 Å². The van der Waals surface area contributed by atoms with Crippen molar-refractivity contribution in [3.63, 3.8) is 0 Å². The first-order chi connectivity index (χ1) is 12.5. The third-order valence-electron chi connectivity index (χ3n) is 3.70. The molecule has 26 heavy (non-hydrogen) atoms. The van der Waals surface area contributed by atoms with Crippen molar-refractivity contribution in [2.24, 2.45) is 0 Å². The molecule has 0 saturated carbocycles. The Morgan fingerprint density at radius 3 is 2.42 bits per heavy atom. The van der Waals surface area contributed by atoms with Gasteiger partial charge in [0, 0.05) is 23.0 Å². The van der Waals surface area contributed by atoms with Crippen LogP contribution in [-0.2, 0) is 10.0 Å². The second kappa shape index (κ2) is 6.68. The summed E-state index contributed by atoms with van der Waals surface area (Å²) in [5.41, 5.74) is 1.57. The molecule has 0 saturated heterocycles. The van der Waals surface area contributed by atoms with Crippen molar-refractivity contribution >= 4 is 33.0 Å². The van der Waals surface area contributed by atoms with Crippen molar-refractivity contribution in [2.75, 3.05) is 0 Å². The van der Waals surface area contributed by atoms with Gasteiger partial charge in [0.25, 0.3) is 10.0 Å². The molecule has 0 unspecified atom stereocenters. The maximum Gasteiger partial charge on any atom is 0.282 e. The molecule has 0 N–H and O–H groups in total. The Kier molecular flexibility index (Phi) is 4.36. The van der Waals surface area contributed by atoms with Crippen molar-refractivity contribution in [3.8, 4) is 21.1 Å². The van der Waals surface area contributed by atoms with Gasteiger partial charge in [-0.2, -0.15) is 17.6 Å². The number of rotatable bonds is 4. The SMILES string of the molecule is O=S(=O)(c1ccc(Cl)cc1)n1ccc(-c2cnc(-c3ccccc3)s2)n1. The number of benzene rings is 2. The first-order valence-electron chi connectivity index (χ1n) is 7.62. The average molecular weight is 402 g/mol. The van der Waals surface area contributed by atoms with Crippen LogP contribution < -0.4 is 0 Å². The number of nitrogens with zero attached hydrogens (tertiary/aromatic N) is 3. The molecule has 0 radical (unpaired) electrons. The average Bonchev–Trinajstić information content (AvgIpc) is 3.33. The number of thiazole rings is 1. The third kappa shape index (κ3) is 3.16. The molecule has 0 atom stereocenters. The highest BCUT2D eigenvalue weighted by Crippen LogP contribution is 2.31. The van der Waals surface area contributed by atoms with Gasteiger partial charge in [0.1, 0.15) is 10.7 Å². The lowest BCUT2D eigenvalue weighted by atomic mass is 10.2. The van der Waals surface area contributed by atoms with E-state index >= 15 is 0 Å². The predicted molar refractivity (Wildman–Crippen MR) is 103 cm³/mol. The maximum absolute atomic E-state index is 12.7. The summed E-state index contributed by atoms with van der Waals surface area (Å²) in [6, 6.07) is 17.4. The van der Waals surface area contributed by atoms with E-state index in [1.807, 2.05) is 30.3 Å². The normalized spacial score (nSPS) is 11.6. The van der Waals surface area contributed by atoms with Crippen LogP contribution in [-0.4, -0.2) is 22.6 Å². The molecule has 4 rings (SSSR count). The zero-order chi connectivity index (χ0) is 18.1. The molecule has 0 aliphatic heterocycles. The summed E-state index contributed by atoms with van der Waals surface area (Å²) in [5, 5.41) is 5.56. The first-order valence-corrected chi connectivity index (χ1v) is 10.3. The number of hydrogen-bond donors (Lipinski definition) is 0. The van der Waals surface area contributed by atoms with E-state index in [1.165, 1.54) is 41.8 Å². The number of halogens is 1. The van der Waals surface area contributed by atoms with Gasteiger partial charge in [0.15, 0.2) is 0 Å². The minimum atomic E-state index is -3.76. The molecular weight excluding hydrogens is 390 g/mol. The fourth-order valence-corrected chi connectivity index (χ4v) is 4.52. The van der Waals surface area contributed by atoms with E-state index in [2.05, 4.69) is 10.1 Å². The van der Waals surface area contributed by atoms with Crippen LogP contribution in [0.25, 0.3) is 21.1 Å². The van der Waals surface area contributed by atoms with Gasteiger partial charge in [-0.3, -0.25) is 0 Å². The second-order valence-corrected chi connectivity index (χ2v) is 8.69. The van der Waals surface area contributed by atoms with Crippen molar-refractivity contribution in [1.29, 1.82) is 0 Å². The lowest BCUT2D eigenvalue weighted by molar-refractivity contribution is 0.580. The molecule has 0 amide bonds. The summed E-state index contributed by atoms with van der Waals surface area (Å²) < 4.78 is 26.3. The van der Waals surface area contributed by atoms with Crippen LogP contribution in [0.5, 0.6) is 0 Å². The van der Waals surface area contributed by atoms with Crippen LogP contribution in [0.2, 0.25) is 5.02 Å². The van der Waals surface area contributed by atoms with Gasteiger partial charge in [-0.15, -0.1) is 11.3 Å². The lowest BCUT2D eigenvalue weighted by Gasteiger charge is -2.04. The molecule has 2 aromatic carbocycles. The molecule has 4 aromatic rings. The van der Waals surface area contributed by atoms with Gasteiger partial charge in [0.05, 0.1) is 9.77 Å². The highest BCUT2D eigenvalue weighted by atomic mass is 35.5. The van der Waals surface area contributed by atoms with Gasteiger partial charge in [0.2, 0.25) is 0 Å². The number of aromatic nitrogens is 3. The van der Waals surface area contributed by atoms with E-state index in [-0.39, 0.29) is 4.90 Å². The molecule has 130 valence electrons. The van der Waals surface area contributed by atoms with Crippen LogP contribution >= 0.6 is 22.9 Å². The summed E-state index contributed by atoms with van der Waals surface area (Å²) in [6.07, 6.45) is 3.13. The molecule has 0 spiro atoms. The highest BCUT2D eigenvalue weighted by Gasteiger charge is 2.19. The van der Waals surface area contributed by atoms with E-state index in [0.717, 1.165) is 19.5 Å². The van der Waals surface area contributed by atoms with Crippen molar-refractivity contribution in [3.05, 3.63) is 78.1 Å². The maximum atomic E-state index is 12.7. The largest absolute Gasteiger partial charge is 0.282 e. The smallest absolute Gasteiger partial charge is 0.244 e.